The van der Waals surface area contributed by atoms with E-state index in [9.17, 15) is 9.59 Å². The van der Waals surface area contributed by atoms with E-state index >= 15 is 0 Å². The minimum atomic E-state index is -0.972. The summed E-state index contributed by atoms with van der Waals surface area (Å²) in [6.07, 6.45) is 1.66. The lowest BCUT2D eigenvalue weighted by Gasteiger charge is -2.09. The van der Waals surface area contributed by atoms with E-state index in [0.29, 0.717) is 5.69 Å². The number of para-hydroxylation sites is 1. The van der Waals surface area contributed by atoms with Crippen molar-refractivity contribution in [2.24, 2.45) is 13.0 Å². The number of benzene rings is 1. The van der Waals surface area contributed by atoms with Gasteiger partial charge in [-0.15, -0.1) is 0 Å². The van der Waals surface area contributed by atoms with Gasteiger partial charge in [-0.3, -0.25) is 9.59 Å². The molecule has 2 aromatic rings. The Morgan fingerprint density at radius 1 is 1.37 bits per heavy atom. The van der Waals surface area contributed by atoms with Crippen molar-refractivity contribution in [1.82, 2.24) is 4.57 Å². The van der Waals surface area contributed by atoms with Crippen molar-refractivity contribution in [3.8, 4) is 0 Å². The van der Waals surface area contributed by atoms with Crippen LogP contribution in [0.3, 0.4) is 0 Å². The predicted molar refractivity (Wildman–Crippen MR) is 73.0 cm³/mol. The van der Waals surface area contributed by atoms with Crippen LogP contribution in [0.2, 0.25) is 0 Å². The van der Waals surface area contributed by atoms with Crippen LogP contribution in [-0.4, -0.2) is 21.6 Å². The molecule has 2 rings (SSSR count). The number of aliphatic carboxylic acids is 1. The van der Waals surface area contributed by atoms with Crippen LogP contribution < -0.4 is 5.32 Å². The van der Waals surface area contributed by atoms with E-state index in [1.54, 1.807) is 6.92 Å². The molecule has 1 amide bonds. The number of amides is 1. The number of anilines is 1. The highest BCUT2D eigenvalue weighted by Crippen LogP contribution is 2.25. The van der Waals surface area contributed by atoms with Crippen LogP contribution in [0.1, 0.15) is 13.3 Å². The lowest BCUT2D eigenvalue weighted by atomic mass is 10.1. The molecule has 1 heterocycles. The minimum absolute atomic E-state index is 0.170. The molecule has 0 aliphatic rings. The highest BCUT2D eigenvalue weighted by Gasteiger charge is 2.18. The monoisotopic (exact) mass is 260 g/mol. The Labute approximate surface area is 110 Å². The van der Waals surface area contributed by atoms with E-state index in [4.69, 9.17) is 5.11 Å². The van der Waals surface area contributed by atoms with Gasteiger partial charge in [-0.25, -0.2) is 0 Å². The van der Waals surface area contributed by atoms with Gasteiger partial charge in [-0.2, -0.15) is 0 Å². The number of aryl methyl sites for hydroxylation is 1. The molecule has 1 aromatic heterocycles. The number of carbonyl (C=O) groups is 2. The summed E-state index contributed by atoms with van der Waals surface area (Å²) in [4.78, 5) is 22.5. The first kappa shape index (κ1) is 13.1. The molecule has 5 nitrogen and oxygen atoms in total. The predicted octanol–water partition coefficient (Wildman–Crippen LogP) is 2.23. The number of carboxylic acid groups (broad SMARTS) is 1. The third-order valence-corrected chi connectivity index (χ3v) is 3.08. The first-order valence-electron chi connectivity index (χ1n) is 6.05. The number of hydrogen-bond acceptors (Lipinski definition) is 2. The molecular formula is C14H16N2O3. The van der Waals surface area contributed by atoms with Gasteiger partial charge in [-0.1, -0.05) is 25.1 Å². The molecule has 0 radical (unpaired) electrons. The van der Waals surface area contributed by atoms with Crippen LogP contribution in [0.15, 0.2) is 30.5 Å². The van der Waals surface area contributed by atoms with E-state index in [1.165, 1.54) is 0 Å². The fraction of sp³-hybridized carbons (Fsp3) is 0.286. The number of rotatable bonds is 4. The second kappa shape index (κ2) is 5.14. The molecule has 100 valence electrons. The quantitative estimate of drug-likeness (QED) is 0.885. The summed E-state index contributed by atoms with van der Waals surface area (Å²) < 4.78 is 1.92. The standard InChI is InChI=1S/C14H16N2O3/c1-9(7-13(17)18)14(19)15-11-8-16(2)12-6-4-3-5-10(11)12/h3-6,8-9H,7H2,1-2H3,(H,15,19)(H,17,18). The first-order valence-corrected chi connectivity index (χ1v) is 6.05. The molecule has 0 saturated carbocycles. The summed E-state index contributed by atoms with van der Waals surface area (Å²) in [6.45, 7) is 1.61. The maximum Gasteiger partial charge on any atom is 0.304 e. The molecule has 2 N–H and O–H groups in total. The molecule has 0 aliphatic carbocycles. The van der Waals surface area contributed by atoms with Crippen molar-refractivity contribution in [3.05, 3.63) is 30.5 Å². The normalized spacial score (nSPS) is 12.3. The molecule has 0 bridgehead atoms. The van der Waals surface area contributed by atoms with Crippen molar-refractivity contribution in [3.63, 3.8) is 0 Å². The second-order valence-electron chi connectivity index (χ2n) is 4.66. The SMILES string of the molecule is CC(CC(=O)O)C(=O)Nc1cn(C)c2ccccc12. The number of nitrogens with zero attached hydrogens (tertiary/aromatic N) is 1. The zero-order valence-electron chi connectivity index (χ0n) is 10.9. The van der Waals surface area contributed by atoms with E-state index in [0.717, 1.165) is 10.9 Å². The largest absolute Gasteiger partial charge is 0.481 e. The van der Waals surface area contributed by atoms with E-state index < -0.39 is 11.9 Å². The second-order valence-corrected chi connectivity index (χ2v) is 4.66. The molecule has 1 atom stereocenters. The molecule has 19 heavy (non-hydrogen) atoms. The van der Waals surface area contributed by atoms with Crippen LogP contribution in [0.25, 0.3) is 10.9 Å². The third-order valence-electron chi connectivity index (χ3n) is 3.08. The lowest BCUT2D eigenvalue weighted by molar-refractivity contribution is -0.139. The van der Waals surface area contributed by atoms with Crippen LogP contribution in [0, 0.1) is 5.92 Å². The fourth-order valence-corrected chi connectivity index (χ4v) is 2.05. The van der Waals surface area contributed by atoms with Gasteiger partial charge in [0.2, 0.25) is 5.91 Å². The Hall–Kier alpha value is -2.30. The summed E-state index contributed by atoms with van der Waals surface area (Å²) >= 11 is 0. The van der Waals surface area contributed by atoms with Gasteiger partial charge in [0, 0.05) is 30.1 Å². The summed E-state index contributed by atoms with van der Waals surface area (Å²) in [5.74, 6) is -1.81. The molecule has 0 spiro atoms. The minimum Gasteiger partial charge on any atom is -0.481 e. The van der Waals surface area contributed by atoms with Crippen LogP contribution in [0.5, 0.6) is 0 Å². The summed E-state index contributed by atoms with van der Waals surface area (Å²) in [6, 6.07) is 7.72. The number of aromatic nitrogens is 1. The molecule has 0 saturated heterocycles. The summed E-state index contributed by atoms with van der Waals surface area (Å²) in [7, 11) is 1.90. The number of carbonyl (C=O) groups excluding carboxylic acids is 1. The smallest absolute Gasteiger partial charge is 0.304 e. The Bertz CT molecular complexity index is 631. The first-order chi connectivity index (χ1) is 8.99. The topological polar surface area (TPSA) is 71.3 Å². The molecule has 0 aliphatic heterocycles. The maximum atomic E-state index is 11.9. The summed E-state index contributed by atoms with van der Waals surface area (Å²) in [5, 5.41) is 12.4. The van der Waals surface area contributed by atoms with Gasteiger partial charge in [0.05, 0.1) is 12.1 Å². The number of nitrogens with one attached hydrogen (secondary N) is 1. The zero-order valence-corrected chi connectivity index (χ0v) is 10.9. The van der Waals surface area contributed by atoms with Gasteiger partial charge in [0.25, 0.3) is 0 Å². The average molecular weight is 260 g/mol. The van der Waals surface area contributed by atoms with Crippen molar-refractivity contribution in [2.75, 3.05) is 5.32 Å². The number of hydrogen-bond donors (Lipinski definition) is 2. The molecule has 0 fully saturated rings. The highest BCUT2D eigenvalue weighted by molar-refractivity contribution is 6.03. The third kappa shape index (κ3) is 2.76. The van der Waals surface area contributed by atoms with Gasteiger partial charge in [-0.05, 0) is 6.07 Å². The number of fused-ring (bicyclic) bond motifs is 1. The zero-order chi connectivity index (χ0) is 14.0. The maximum absolute atomic E-state index is 11.9. The van der Waals surface area contributed by atoms with Crippen molar-refractivity contribution < 1.29 is 14.7 Å². The van der Waals surface area contributed by atoms with Crippen molar-refractivity contribution in [2.45, 2.75) is 13.3 Å². The average Bonchev–Trinajstić information content (AvgIpc) is 2.66. The Kier molecular flexibility index (Phi) is 3.55. The Morgan fingerprint density at radius 2 is 2.05 bits per heavy atom. The lowest BCUT2D eigenvalue weighted by Crippen LogP contribution is -2.22. The number of carboxylic acids is 1. The van der Waals surface area contributed by atoms with Gasteiger partial charge < -0.3 is 15.0 Å². The van der Waals surface area contributed by atoms with E-state index in [-0.39, 0.29) is 12.3 Å². The van der Waals surface area contributed by atoms with Crippen molar-refractivity contribution in [1.29, 1.82) is 0 Å². The van der Waals surface area contributed by atoms with Crippen LogP contribution in [0.4, 0.5) is 5.69 Å². The molecule has 1 aromatic carbocycles. The van der Waals surface area contributed by atoms with E-state index in [2.05, 4.69) is 5.32 Å². The molecular weight excluding hydrogens is 244 g/mol. The summed E-state index contributed by atoms with van der Waals surface area (Å²) in [5.41, 5.74) is 1.73. The van der Waals surface area contributed by atoms with Crippen LogP contribution in [-0.2, 0) is 16.6 Å². The van der Waals surface area contributed by atoms with Crippen LogP contribution >= 0.6 is 0 Å². The molecule has 5 heteroatoms. The van der Waals surface area contributed by atoms with Gasteiger partial charge in [0.15, 0.2) is 0 Å². The van der Waals surface area contributed by atoms with Gasteiger partial charge in [0.1, 0.15) is 0 Å². The van der Waals surface area contributed by atoms with Gasteiger partial charge >= 0.3 is 5.97 Å². The fourth-order valence-electron chi connectivity index (χ4n) is 2.05. The van der Waals surface area contributed by atoms with E-state index in [1.807, 2.05) is 42.1 Å². The Morgan fingerprint density at radius 3 is 2.74 bits per heavy atom. The Balaban J connectivity index is 2.22. The highest BCUT2D eigenvalue weighted by atomic mass is 16.4. The molecule has 1 unspecified atom stereocenters. The van der Waals surface area contributed by atoms with Crippen molar-refractivity contribution >= 4 is 28.5 Å².